The van der Waals surface area contributed by atoms with Gasteiger partial charge in [-0.3, -0.25) is 9.80 Å². The number of hydrogen-bond donors (Lipinski definition) is 0. The Balaban J connectivity index is 1.55. The van der Waals surface area contributed by atoms with Crippen molar-refractivity contribution < 1.29 is 0 Å². The molecule has 3 nitrogen and oxygen atoms in total. The molecule has 0 bridgehead atoms. The minimum absolute atomic E-state index is 0.586. The minimum Gasteiger partial charge on any atom is -0.300 e. The van der Waals surface area contributed by atoms with Crippen LogP contribution >= 0.6 is 11.3 Å². The van der Waals surface area contributed by atoms with Crippen molar-refractivity contribution in [2.24, 2.45) is 0 Å². The maximum Gasteiger partial charge on any atom is 0.0965 e. The first-order valence-corrected chi connectivity index (χ1v) is 7.56. The molecule has 17 heavy (non-hydrogen) atoms. The zero-order chi connectivity index (χ0) is 11.7. The Kier molecular flexibility index (Phi) is 3.45. The summed E-state index contributed by atoms with van der Waals surface area (Å²) in [5.41, 5.74) is 0. The number of aromatic nitrogens is 1. The standard InChI is InChI=1S/C13H21N3S/c1-11(13-14-4-8-17-13)9-15-6-7-16-5-2-3-12(16)10-15/h4,8,11-12H,2-3,5-7,9-10H2,1H3. The van der Waals surface area contributed by atoms with E-state index >= 15 is 0 Å². The van der Waals surface area contributed by atoms with Crippen LogP contribution in [0.4, 0.5) is 0 Å². The summed E-state index contributed by atoms with van der Waals surface area (Å²) in [6, 6.07) is 0.840. The molecule has 0 radical (unpaired) electrons. The number of piperazine rings is 1. The van der Waals surface area contributed by atoms with Crippen molar-refractivity contribution in [2.75, 3.05) is 32.7 Å². The topological polar surface area (TPSA) is 19.4 Å². The van der Waals surface area contributed by atoms with Gasteiger partial charge in [0.05, 0.1) is 5.01 Å². The first kappa shape index (κ1) is 11.6. The van der Waals surface area contributed by atoms with Crippen molar-refractivity contribution in [3.05, 3.63) is 16.6 Å². The summed E-state index contributed by atoms with van der Waals surface area (Å²) >= 11 is 1.79. The third-order valence-electron chi connectivity index (χ3n) is 4.08. The molecule has 2 fully saturated rings. The Labute approximate surface area is 107 Å². The van der Waals surface area contributed by atoms with Gasteiger partial charge in [0.1, 0.15) is 0 Å². The van der Waals surface area contributed by atoms with E-state index in [9.17, 15) is 0 Å². The summed E-state index contributed by atoms with van der Waals surface area (Å²) in [7, 11) is 0. The van der Waals surface area contributed by atoms with Crippen molar-refractivity contribution in [1.29, 1.82) is 0 Å². The summed E-state index contributed by atoms with van der Waals surface area (Å²) in [4.78, 5) is 9.74. The van der Waals surface area contributed by atoms with Crippen LogP contribution in [0.5, 0.6) is 0 Å². The molecule has 0 spiro atoms. The highest BCUT2D eigenvalue weighted by molar-refractivity contribution is 7.09. The number of fused-ring (bicyclic) bond motifs is 1. The van der Waals surface area contributed by atoms with Gasteiger partial charge < -0.3 is 0 Å². The first-order valence-electron chi connectivity index (χ1n) is 6.69. The highest BCUT2D eigenvalue weighted by Crippen LogP contribution is 2.24. The smallest absolute Gasteiger partial charge is 0.0965 e. The Bertz CT molecular complexity index is 352. The van der Waals surface area contributed by atoms with E-state index in [1.54, 1.807) is 11.3 Å². The van der Waals surface area contributed by atoms with Crippen LogP contribution in [0.1, 0.15) is 30.7 Å². The van der Waals surface area contributed by atoms with E-state index in [1.165, 1.54) is 50.6 Å². The predicted molar refractivity (Wildman–Crippen MR) is 71.6 cm³/mol. The van der Waals surface area contributed by atoms with Crippen LogP contribution in [0.2, 0.25) is 0 Å². The Morgan fingerprint density at radius 1 is 1.47 bits per heavy atom. The lowest BCUT2D eigenvalue weighted by Crippen LogP contribution is -2.50. The fourth-order valence-corrected chi connectivity index (χ4v) is 3.85. The molecule has 2 aliphatic heterocycles. The summed E-state index contributed by atoms with van der Waals surface area (Å²) in [5, 5.41) is 3.37. The average molecular weight is 251 g/mol. The summed E-state index contributed by atoms with van der Waals surface area (Å²) in [5.74, 6) is 0.586. The molecular weight excluding hydrogens is 230 g/mol. The molecule has 3 rings (SSSR count). The molecule has 0 amide bonds. The molecule has 0 N–H and O–H groups in total. The fraction of sp³-hybridized carbons (Fsp3) is 0.769. The van der Waals surface area contributed by atoms with Crippen LogP contribution in [0.3, 0.4) is 0 Å². The van der Waals surface area contributed by atoms with E-state index in [4.69, 9.17) is 0 Å². The van der Waals surface area contributed by atoms with Crippen LogP contribution in [0.15, 0.2) is 11.6 Å². The lowest BCUT2D eigenvalue weighted by molar-refractivity contribution is 0.101. The maximum absolute atomic E-state index is 4.43. The van der Waals surface area contributed by atoms with Crippen molar-refractivity contribution in [3.63, 3.8) is 0 Å². The zero-order valence-electron chi connectivity index (χ0n) is 10.5. The molecule has 1 aromatic heterocycles. The number of thiazole rings is 1. The van der Waals surface area contributed by atoms with Crippen LogP contribution in [-0.4, -0.2) is 53.5 Å². The van der Waals surface area contributed by atoms with Gasteiger partial charge in [-0.2, -0.15) is 0 Å². The van der Waals surface area contributed by atoms with E-state index in [2.05, 4.69) is 27.1 Å². The Morgan fingerprint density at radius 2 is 2.41 bits per heavy atom. The number of hydrogen-bond acceptors (Lipinski definition) is 4. The van der Waals surface area contributed by atoms with E-state index in [0.29, 0.717) is 5.92 Å². The van der Waals surface area contributed by atoms with Crippen LogP contribution in [0.25, 0.3) is 0 Å². The summed E-state index contributed by atoms with van der Waals surface area (Å²) in [6.45, 7) is 8.61. The second-order valence-electron chi connectivity index (χ2n) is 5.36. The lowest BCUT2D eigenvalue weighted by Gasteiger charge is -2.38. The monoisotopic (exact) mass is 251 g/mol. The molecule has 0 aliphatic carbocycles. The number of nitrogens with zero attached hydrogens (tertiary/aromatic N) is 3. The molecule has 2 atom stereocenters. The van der Waals surface area contributed by atoms with Gasteiger partial charge in [0, 0.05) is 49.7 Å². The maximum atomic E-state index is 4.43. The van der Waals surface area contributed by atoms with E-state index < -0.39 is 0 Å². The molecule has 2 saturated heterocycles. The quantitative estimate of drug-likeness (QED) is 0.819. The fourth-order valence-electron chi connectivity index (χ4n) is 3.16. The molecule has 94 valence electrons. The van der Waals surface area contributed by atoms with Gasteiger partial charge in [-0.05, 0) is 19.4 Å². The molecule has 0 aromatic carbocycles. The molecule has 0 saturated carbocycles. The summed E-state index contributed by atoms with van der Waals surface area (Å²) < 4.78 is 0. The van der Waals surface area contributed by atoms with Crippen molar-refractivity contribution in [3.8, 4) is 0 Å². The van der Waals surface area contributed by atoms with Crippen LogP contribution in [0, 0.1) is 0 Å². The third kappa shape index (κ3) is 2.54. The van der Waals surface area contributed by atoms with Crippen molar-refractivity contribution in [1.82, 2.24) is 14.8 Å². The molecule has 3 heterocycles. The van der Waals surface area contributed by atoms with E-state index in [0.717, 1.165) is 6.04 Å². The lowest BCUT2D eigenvalue weighted by atomic mass is 10.1. The van der Waals surface area contributed by atoms with Crippen LogP contribution < -0.4 is 0 Å². The highest BCUT2D eigenvalue weighted by atomic mass is 32.1. The molecule has 1 aromatic rings. The summed E-state index contributed by atoms with van der Waals surface area (Å²) in [6.07, 6.45) is 4.73. The number of rotatable bonds is 3. The van der Waals surface area contributed by atoms with E-state index in [1.807, 2.05) is 6.20 Å². The van der Waals surface area contributed by atoms with Gasteiger partial charge in [-0.1, -0.05) is 6.92 Å². The minimum atomic E-state index is 0.586. The van der Waals surface area contributed by atoms with Crippen LogP contribution in [-0.2, 0) is 0 Å². The first-order chi connectivity index (χ1) is 8.33. The van der Waals surface area contributed by atoms with Crippen molar-refractivity contribution >= 4 is 11.3 Å². The Hall–Kier alpha value is -0.450. The van der Waals surface area contributed by atoms with Gasteiger partial charge in [0.25, 0.3) is 0 Å². The van der Waals surface area contributed by atoms with Crippen molar-refractivity contribution in [2.45, 2.75) is 31.7 Å². The second-order valence-corrected chi connectivity index (χ2v) is 6.29. The zero-order valence-corrected chi connectivity index (χ0v) is 11.3. The van der Waals surface area contributed by atoms with Gasteiger partial charge in [-0.25, -0.2) is 4.98 Å². The average Bonchev–Trinajstić information content (AvgIpc) is 2.99. The van der Waals surface area contributed by atoms with E-state index in [-0.39, 0.29) is 0 Å². The van der Waals surface area contributed by atoms with Gasteiger partial charge >= 0.3 is 0 Å². The molecule has 2 unspecified atom stereocenters. The highest BCUT2D eigenvalue weighted by Gasteiger charge is 2.31. The Morgan fingerprint density at radius 3 is 3.24 bits per heavy atom. The SMILES string of the molecule is CC(CN1CCN2CCCC2C1)c1nccs1. The van der Waals surface area contributed by atoms with Gasteiger partial charge in [-0.15, -0.1) is 11.3 Å². The molecular formula is C13H21N3S. The normalized spacial score (nSPS) is 28.2. The second kappa shape index (κ2) is 5.04. The predicted octanol–water partition coefficient (Wildman–Crippen LogP) is 2.03. The van der Waals surface area contributed by atoms with Gasteiger partial charge in [0.15, 0.2) is 0 Å². The largest absolute Gasteiger partial charge is 0.300 e. The molecule has 2 aliphatic rings. The molecule has 4 heteroatoms. The third-order valence-corrected chi connectivity index (χ3v) is 5.08. The van der Waals surface area contributed by atoms with Gasteiger partial charge in [0.2, 0.25) is 0 Å².